The molecule has 1 N–H and O–H groups in total. The minimum absolute atomic E-state index is 0. The SMILES string of the molecule is O=S(=O)(O)c1ccccc1Cl.[Li]. The second-order valence-corrected chi connectivity index (χ2v) is 3.70. The van der Waals surface area contributed by atoms with Crippen molar-refractivity contribution in [3.8, 4) is 0 Å². The summed E-state index contributed by atoms with van der Waals surface area (Å²) in [6.45, 7) is 0. The van der Waals surface area contributed by atoms with Crippen LogP contribution < -0.4 is 0 Å². The average molecular weight is 200 g/mol. The van der Waals surface area contributed by atoms with Crippen LogP contribution in [0.5, 0.6) is 0 Å². The summed E-state index contributed by atoms with van der Waals surface area (Å²) in [6.07, 6.45) is 0. The standard InChI is InChI=1S/C6H5ClO3S.Li/c7-5-3-1-2-4-6(5)11(8,9)10;/h1-4H,(H,8,9,10);. The number of rotatable bonds is 1. The minimum Gasteiger partial charge on any atom is -0.282 e. The summed E-state index contributed by atoms with van der Waals surface area (Å²) in [7, 11) is -4.17. The smallest absolute Gasteiger partial charge is 0.282 e. The van der Waals surface area contributed by atoms with E-state index in [1.807, 2.05) is 0 Å². The molecule has 1 radical (unpaired) electrons. The third-order valence-corrected chi connectivity index (χ3v) is 2.47. The molecule has 0 fully saturated rings. The van der Waals surface area contributed by atoms with Crippen LogP contribution in [0.4, 0.5) is 0 Å². The quantitative estimate of drug-likeness (QED) is 0.546. The zero-order valence-electron chi connectivity index (χ0n) is 6.36. The van der Waals surface area contributed by atoms with Crippen molar-refractivity contribution in [3.63, 3.8) is 0 Å². The number of hydrogen-bond acceptors (Lipinski definition) is 2. The van der Waals surface area contributed by atoms with E-state index >= 15 is 0 Å². The molecular weight excluding hydrogens is 195 g/mol. The molecule has 0 bridgehead atoms. The summed E-state index contributed by atoms with van der Waals surface area (Å²) in [5.74, 6) is 0. The zero-order chi connectivity index (χ0) is 8.48. The first-order chi connectivity index (χ1) is 5.02. The maximum atomic E-state index is 10.5. The molecule has 6 heteroatoms. The fourth-order valence-corrected chi connectivity index (χ4v) is 1.65. The summed E-state index contributed by atoms with van der Waals surface area (Å²) < 4.78 is 29.6. The minimum atomic E-state index is -4.17. The number of benzene rings is 1. The van der Waals surface area contributed by atoms with Crippen molar-refractivity contribution in [1.29, 1.82) is 0 Å². The molecule has 0 spiro atoms. The van der Waals surface area contributed by atoms with Gasteiger partial charge in [0.15, 0.2) is 0 Å². The Hall–Kier alpha value is 0.0174. The van der Waals surface area contributed by atoms with Gasteiger partial charge in [-0.3, -0.25) is 4.55 Å². The molecule has 0 saturated heterocycles. The molecular formula is C6H5ClLiO3S. The van der Waals surface area contributed by atoms with Crippen LogP contribution in [-0.4, -0.2) is 31.8 Å². The van der Waals surface area contributed by atoms with E-state index in [0.29, 0.717) is 0 Å². The first-order valence-corrected chi connectivity index (χ1v) is 4.55. The van der Waals surface area contributed by atoms with Crippen molar-refractivity contribution in [2.45, 2.75) is 4.90 Å². The van der Waals surface area contributed by atoms with E-state index in [4.69, 9.17) is 16.2 Å². The van der Waals surface area contributed by atoms with E-state index in [9.17, 15) is 8.42 Å². The second-order valence-electron chi connectivity index (χ2n) is 1.91. The van der Waals surface area contributed by atoms with Gasteiger partial charge in [0, 0.05) is 18.9 Å². The van der Waals surface area contributed by atoms with E-state index in [2.05, 4.69) is 0 Å². The molecule has 0 aromatic heterocycles. The summed E-state index contributed by atoms with van der Waals surface area (Å²) in [5, 5.41) is 0.0231. The van der Waals surface area contributed by atoms with Crippen LogP contribution in [0.3, 0.4) is 0 Å². The van der Waals surface area contributed by atoms with Crippen molar-refractivity contribution in [3.05, 3.63) is 29.3 Å². The van der Waals surface area contributed by atoms with Crippen LogP contribution in [-0.2, 0) is 10.1 Å². The topological polar surface area (TPSA) is 54.4 Å². The first kappa shape index (κ1) is 12.0. The maximum absolute atomic E-state index is 10.5. The van der Waals surface area contributed by atoms with E-state index < -0.39 is 10.1 Å². The van der Waals surface area contributed by atoms with Crippen molar-refractivity contribution < 1.29 is 13.0 Å². The molecule has 0 aliphatic rings. The van der Waals surface area contributed by atoms with Crippen LogP contribution in [0.2, 0.25) is 5.02 Å². The maximum Gasteiger partial charge on any atom is 0.296 e. The molecule has 1 aromatic rings. The molecule has 1 rings (SSSR count). The van der Waals surface area contributed by atoms with Crippen molar-refractivity contribution in [2.24, 2.45) is 0 Å². The van der Waals surface area contributed by atoms with Gasteiger partial charge in [0.2, 0.25) is 0 Å². The molecule has 61 valence electrons. The second kappa shape index (κ2) is 4.31. The Morgan fingerprint density at radius 1 is 1.25 bits per heavy atom. The molecule has 0 aliphatic heterocycles. The Bertz CT molecular complexity index is 363. The van der Waals surface area contributed by atoms with E-state index in [0.717, 1.165) is 0 Å². The predicted octanol–water partition coefficient (Wildman–Crippen LogP) is 1.21. The molecule has 0 aliphatic carbocycles. The van der Waals surface area contributed by atoms with E-state index in [1.54, 1.807) is 6.07 Å². The Morgan fingerprint density at radius 2 is 1.75 bits per heavy atom. The number of hydrogen-bond donors (Lipinski definition) is 1. The van der Waals surface area contributed by atoms with Crippen molar-refractivity contribution >= 4 is 40.6 Å². The summed E-state index contributed by atoms with van der Waals surface area (Å²) in [6, 6.07) is 5.69. The van der Waals surface area contributed by atoms with Gasteiger partial charge in [0.1, 0.15) is 4.90 Å². The van der Waals surface area contributed by atoms with Gasteiger partial charge in [-0.05, 0) is 12.1 Å². The Morgan fingerprint density at radius 3 is 2.08 bits per heavy atom. The van der Waals surface area contributed by atoms with Crippen LogP contribution in [0, 0.1) is 0 Å². The summed E-state index contributed by atoms with van der Waals surface area (Å²) >= 11 is 5.47. The van der Waals surface area contributed by atoms with Gasteiger partial charge in [-0.1, -0.05) is 23.7 Å². The van der Waals surface area contributed by atoms with Crippen LogP contribution in [0.25, 0.3) is 0 Å². The van der Waals surface area contributed by atoms with Gasteiger partial charge in [0.05, 0.1) is 5.02 Å². The molecule has 0 unspecified atom stereocenters. The third-order valence-electron chi connectivity index (χ3n) is 1.11. The predicted molar refractivity (Wildman–Crippen MR) is 47.0 cm³/mol. The molecule has 0 atom stereocenters. The molecule has 3 nitrogen and oxygen atoms in total. The van der Waals surface area contributed by atoms with E-state index in [1.165, 1.54) is 18.2 Å². The first-order valence-electron chi connectivity index (χ1n) is 2.74. The largest absolute Gasteiger partial charge is 0.296 e. The molecule has 12 heavy (non-hydrogen) atoms. The van der Waals surface area contributed by atoms with Gasteiger partial charge in [-0.25, -0.2) is 0 Å². The number of halogens is 1. The van der Waals surface area contributed by atoms with Gasteiger partial charge in [-0.15, -0.1) is 0 Å². The normalized spacial score (nSPS) is 10.5. The third kappa shape index (κ3) is 2.81. The molecule has 0 saturated carbocycles. The fourth-order valence-electron chi connectivity index (χ4n) is 0.654. The van der Waals surface area contributed by atoms with Crippen molar-refractivity contribution in [2.75, 3.05) is 0 Å². The van der Waals surface area contributed by atoms with Crippen LogP contribution >= 0.6 is 11.6 Å². The van der Waals surface area contributed by atoms with Crippen molar-refractivity contribution in [1.82, 2.24) is 0 Å². The van der Waals surface area contributed by atoms with Gasteiger partial charge < -0.3 is 0 Å². The fraction of sp³-hybridized carbons (Fsp3) is 0. The van der Waals surface area contributed by atoms with Gasteiger partial charge in [0.25, 0.3) is 10.1 Å². The Balaban J connectivity index is 0.00000121. The zero-order valence-corrected chi connectivity index (χ0v) is 7.93. The Kier molecular flexibility index (Phi) is 4.32. The average Bonchev–Trinajstić information content (AvgIpc) is 1.86. The van der Waals surface area contributed by atoms with E-state index in [-0.39, 0.29) is 28.8 Å². The van der Waals surface area contributed by atoms with Gasteiger partial charge in [-0.2, -0.15) is 8.42 Å². The van der Waals surface area contributed by atoms with Crippen LogP contribution in [0.15, 0.2) is 29.2 Å². The summed E-state index contributed by atoms with van der Waals surface area (Å²) in [4.78, 5) is -0.262. The summed E-state index contributed by atoms with van der Waals surface area (Å²) in [5.41, 5.74) is 0. The Labute approximate surface area is 87.7 Å². The van der Waals surface area contributed by atoms with Gasteiger partial charge >= 0.3 is 0 Å². The molecule has 0 amide bonds. The van der Waals surface area contributed by atoms with Crippen LogP contribution in [0.1, 0.15) is 0 Å². The molecule has 1 aromatic carbocycles. The molecule has 0 heterocycles. The monoisotopic (exact) mass is 199 g/mol.